The lowest BCUT2D eigenvalue weighted by Gasteiger charge is -2.16. The molecule has 0 radical (unpaired) electrons. The molecule has 1 heterocycles. The number of rotatable bonds is 2. The first-order valence-electron chi connectivity index (χ1n) is 5.21. The van der Waals surface area contributed by atoms with Crippen LogP contribution in [-0.2, 0) is 9.59 Å². The van der Waals surface area contributed by atoms with E-state index in [1.54, 1.807) is 24.3 Å². The van der Waals surface area contributed by atoms with E-state index in [0.717, 1.165) is 0 Å². The van der Waals surface area contributed by atoms with Crippen molar-refractivity contribution < 1.29 is 14.7 Å². The Bertz CT molecular complexity index is 516. The zero-order valence-electron chi connectivity index (χ0n) is 9.09. The molecule has 0 spiro atoms. The highest BCUT2D eigenvalue weighted by atomic mass is 16.4. The van der Waals surface area contributed by atoms with Crippen LogP contribution in [0.25, 0.3) is 0 Å². The van der Waals surface area contributed by atoms with Crippen LogP contribution in [0.1, 0.15) is 12.0 Å². The van der Waals surface area contributed by atoms with Crippen molar-refractivity contribution >= 4 is 17.6 Å². The van der Waals surface area contributed by atoms with E-state index in [4.69, 9.17) is 11.5 Å². The summed E-state index contributed by atoms with van der Waals surface area (Å²) in [4.78, 5) is 24.0. The van der Waals surface area contributed by atoms with Crippen molar-refractivity contribution in [3.8, 4) is 12.3 Å². The molecular weight excluding hydrogens is 218 g/mol. The number of nitrogens with zero attached hydrogens (tertiary/aromatic N) is 1. The van der Waals surface area contributed by atoms with Gasteiger partial charge < -0.3 is 10.0 Å². The minimum atomic E-state index is -0.936. The van der Waals surface area contributed by atoms with Crippen LogP contribution in [0, 0.1) is 18.3 Å². The molecule has 0 bridgehead atoms. The number of benzene rings is 1. The molecule has 17 heavy (non-hydrogen) atoms. The number of carboxylic acids is 1. The summed E-state index contributed by atoms with van der Waals surface area (Å²) in [6.07, 6.45) is 5.33. The number of carboxylic acid groups (broad SMARTS) is 1. The van der Waals surface area contributed by atoms with Crippen LogP contribution in [0.2, 0.25) is 0 Å². The average Bonchev–Trinajstić information content (AvgIpc) is 2.72. The molecule has 1 aliphatic heterocycles. The van der Waals surface area contributed by atoms with Crippen molar-refractivity contribution in [2.75, 3.05) is 11.4 Å². The highest BCUT2D eigenvalue weighted by molar-refractivity contribution is 5.99. The highest BCUT2D eigenvalue weighted by Gasteiger charge is 2.34. The van der Waals surface area contributed by atoms with Crippen molar-refractivity contribution in [1.82, 2.24) is 0 Å². The SMILES string of the molecule is C#Cc1cccc(N2CC(C(=O)O)CC2=O)c1. The Morgan fingerprint density at radius 1 is 1.53 bits per heavy atom. The van der Waals surface area contributed by atoms with E-state index in [-0.39, 0.29) is 18.9 Å². The predicted octanol–water partition coefficient (Wildman–Crippen LogP) is 1.11. The molecule has 1 atom stereocenters. The van der Waals surface area contributed by atoms with Crippen LogP contribution in [0.15, 0.2) is 24.3 Å². The zero-order chi connectivity index (χ0) is 12.4. The lowest BCUT2D eigenvalue weighted by atomic mass is 10.1. The van der Waals surface area contributed by atoms with E-state index in [9.17, 15) is 9.59 Å². The Morgan fingerprint density at radius 3 is 2.88 bits per heavy atom. The normalized spacial score (nSPS) is 19.1. The van der Waals surface area contributed by atoms with E-state index in [1.165, 1.54) is 4.90 Å². The van der Waals surface area contributed by atoms with E-state index >= 15 is 0 Å². The summed E-state index contributed by atoms with van der Waals surface area (Å²) >= 11 is 0. The van der Waals surface area contributed by atoms with Gasteiger partial charge in [0.2, 0.25) is 5.91 Å². The van der Waals surface area contributed by atoms with E-state index in [1.807, 2.05) is 0 Å². The lowest BCUT2D eigenvalue weighted by molar-refractivity contribution is -0.141. The number of carbonyl (C=O) groups is 2. The van der Waals surface area contributed by atoms with Crippen molar-refractivity contribution in [2.24, 2.45) is 5.92 Å². The molecule has 1 amide bonds. The molecule has 1 N–H and O–H groups in total. The molecular formula is C13H11NO3. The molecule has 0 aromatic heterocycles. The summed E-state index contributed by atoms with van der Waals surface area (Å²) in [5, 5.41) is 8.89. The Kier molecular flexibility index (Phi) is 2.84. The van der Waals surface area contributed by atoms with Gasteiger partial charge in [0, 0.05) is 24.2 Å². The van der Waals surface area contributed by atoms with E-state index < -0.39 is 11.9 Å². The number of carbonyl (C=O) groups excluding carboxylic acids is 1. The van der Waals surface area contributed by atoms with Gasteiger partial charge in [0.25, 0.3) is 0 Å². The third-order valence-electron chi connectivity index (χ3n) is 2.80. The molecule has 2 rings (SSSR count). The summed E-state index contributed by atoms with van der Waals surface area (Å²) in [6.45, 7) is 0.211. The fraction of sp³-hybridized carbons (Fsp3) is 0.231. The van der Waals surface area contributed by atoms with Gasteiger partial charge in [0.15, 0.2) is 0 Å². The highest BCUT2D eigenvalue weighted by Crippen LogP contribution is 2.25. The Morgan fingerprint density at radius 2 is 2.29 bits per heavy atom. The molecule has 1 aliphatic rings. The zero-order valence-corrected chi connectivity index (χ0v) is 9.09. The maximum atomic E-state index is 11.7. The van der Waals surface area contributed by atoms with Gasteiger partial charge in [-0.3, -0.25) is 9.59 Å². The van der Waals surface area contributed by atoms with E-state index in [0.29, 0.717) is 11.3 Å². The summed E-state index contributed by atoms with van der Waals surface area (Å²) in [5.74, 6) is 0.747. The summed E-state index contributed by atoms with van der Waals surface area (Å²) in [7, 11) is 0. The summed E-state index contributed by atoms with van der Waals surface area (Å²) < 4.78 is 0. The molecule has 4 nitrogen and oxygen atoms in total. The molecule has 1 saturated heterocycles. The second-order valence-corrected chi connectivity index (χ2v) is 3.94. The second kappa shape index (κ2) is 4.30. The van der Waals surface area contributed by atoms with Crippen molar-refractivity contribution in [2.45, 2.75) is 6.42 Å². The lowest BCUT2D eigenvalue weighted by Crippen LogP contribution is -2.25. The quantitative estimate of drug-likeness (QED) is 0.773. The van der Waals surface area contributed by atoms with Crippen molar-refractivity contribution in [3.05, 3.63) is 29.8 Å². The maximum absolute atomic E-state index is 11.7. The van der Waals surface area contributed by atoms with Gasteiger partial charge in [-0.2, -0.15) is 0 Å². The monoisotopic (exact) mass is 229 g/mol. The van der Waals surface area contributed by atoms with Gasteiger partial charge in [0.05, 0.1) is 5.92 Å². The van der Waals surface area contributed by atoms with Gasteiger partial charge in [-0.1, -0.05) is 12.0 Å². The van der Waals surface area contributed by atoms with Gasteiger partial charge >= 0.3 is 5.97 Å². The third kappa shape index (κ3) is 2.13. The standard InChI is InChI=1S/C13H11NO3/c1-2-9-4-3-5-11(6-9)14-8-10(13(16)17)7-12(14)15/h1,3-6,10H,7-8H2,(H,16,17). The first kappa shape index (κ1) is 11.2. The Labute approximate surface area is 98.9 Å². The molecule has 1 aromatic rings. The first-order valence-corrected chi connectivity index (χ1v) is 5.21. The molecule has 86 valence electrons. The topological polar surface area (TPSA) is 57.6 Å². The number of hydrogen-bond donors (Lipinski definition) is 1. The summed E-state index contributed by atoms with van der Waals surface area (Å²) in [6, 6.07) is 6.98. The van der Waals surface area contributed by atoms with Gasteiger partial charge in [-0.25, -0.2) is 0 Å². The fourth-order valence-electron chi connectivity index (χ4n) is 1.89. The largest absolute Gasteiger partial charge is 0.481 e. The smallest absolute Gasteiger partial charge is 0.308 e. The van der Waals surface area contributed by atoms with E-state index in [2.05, 4.69) is 5.92 Å². The number of amides is 1. The number of terminal acetylenes is 1. The van der Waals surface area contributed by atoms with Gasteiger partial charge in [0.1, 0.15) is 0 Å². The second-order valence-electron chi connectivity index (χ2n) is 3.94. The number of aliphatic carboxylic acids is 1. The molecule has 1 unspecified atom stereocenters. The van der Waals surface area contributed by atoms with Crippen LogP contribution < -0.4 is 4.90 Å². The molecule has 1 aromatic carbocycles. The predicted molar refractivity (Wildman–Crippen MR) is 62.5 cm³/mol. The van der Waals surface area contributed by atoms with Gasteiger partial charge in [-0.05, 0) is 18.2 Å². The van der Waals surface area contributed by atoms with Crippen molar-refractivity contribution in [3.63, 3.8) is 0 Å². The Balaban J connectivity index is 2.26. The fourth-order valence-corrected chi connectivity index (χ4v) is 1.89. The number of hydrogen-bond acceptors (Lipinski definition) is 2. The molecule has 0 saturated carbocycles. The molecule has 0 aliphatic carbocycles. The molecule has 1 fully saturated rings. The minimum Gasteiger partial charge on any atom is -0.481 e. The Hall–Kier alpha value is -2.28. The molecule has 4 heteroatoms. The first-order chi connectivity index (χ1) is 8.11. The van der Waals surface area contributed by atoms with Crippen LogP contribution in [0.5, 0.6) is 0 Å². The van der Waals surface area contributed by atoms with Crippen LogP contribution in [0.4, 0.5) is 5.69 Å². The maximum Gasteiger partial charge on any atom is 0.308 e. The van der Waals surface area contributed by atoms with Crippen LogP contribution in [0.3, 0.4) is 0 Å². The average molecular weight is 229 g/mol. The third-order valence-corrected chi connectivity index (χ3v) is 2.80. The van der Waals surface area contributed by atoms with Crippen LogP contribution >= 0.6 is 0 Å². The minimum absolute atomic E-state index is 0.0512. The number of anilines is 1. The summed E-state index contributed by atoms with van der Waals surface area (Å²) in [5.41, 5.74) is 1.34. The van der Waals surface area contributed by atoms with Gasteiger partial charge in [-0.15, -0.1) is 6.42 Å². The van der Waals surface area contributed by atoms with Crippen molar-refractivity contribution in [1.29, 1.82) is 0 Å². The van der Waals surface area contributed by atoms with Crippen LogP contribution in [-0.4, -0.2) is 23.5 Å².